The van der Waals surface area contributed by atoms with Crippen molar-refractivity contribution >= 4 is 50.1 Å². The number of esters is 7. The first-order valence-corrected chi connectivity index (χ1v) is 19.1. The van der Waals surface area contributed by atoms with Crippen LogP contribution >= 0.6 is 0 Å². The third kappa shape index (κ3) is 12.2. The summed E-state index contributed by atoms with van der Waals surface area (Å²) in [6.45, 7) is 15.8. The van der Waals surface area contributed by atoms with Gasteiger partial charge < -0.3 is 51.8 Å². The van der Waals surface area contributed by atoms with Gasteiger partial charge in [0.2, 0.25) is 12.1 Å². The van der Waals surface area contributed by atoms with Gasteiger partial charge in [0.1, 0.15) is 25.4 Å². The second-order valence-electron chi connectivity index (χ2n) is 13.6. The van der Waals surface area contributed by atoms with Crippen molar-refractivity contribution in [2.75, 3.05) is 19.8 Å². The smallest absolute Gasteiger partial charge is 0.303 e. The Kier molecular flexibility index (Phi) is 15.1. The van der Waals surface area contributed by atoms with Crippen molar-refractivity contribution in [1.29, 1.82) is 0 Å². The van der Waals surface area contributed by atoms with Crippen LogP contribution in [0.25, 0.3) is 0 Å². The molecule has 2 saturated heterocycles. The largest absolute Gasteiger partial charge is 0.463 e. The van der Waals surface area contributed by atoms with Gasteiger partial charge in [0.25, 0.3) is 0 Å². The van der Waals surface area contributed by atoms with E-state index < -0.39 is 118 Å². The molecule has 2 fully saturated rings. The second-order valence-corrected chi connectivity index (χ2v) is 18.4. The molecule has 0 aromatic heterocycles. The van der Waals surface area contributed by atoms with Gasteiger partial charge in [-0.05, 0) is 18.1 Å². The molecule has 2 rings (SSSR count). The Balaban J connectivity index is 2.82. The van der Waals surface area contributed by atoms with E-state index in [1.165, 1.54) is 0 Å². The Morgan fingerprint density at radius 1 is 0.588 bits per heavy atom. The SMILES string of the molecule is CC(=O)OC[C@H]1O[C@H](O[C@]2(COC(C)=O)O[C@H](CO[Si](C)(C)C(C)(C)C)[C@@H](OC(C)=O)[C@@H]2OC(C)=O)[C@H](OC(C)=O)[C@@H](OC(C)=O)[C@@H]1OC(C)=O. The molecule has 0 bridgehead atoms. The summed E-state index contributed by atoms with van der Waals surface area (Å²) in [5, 5.41) is -0.266. The van der Waals surface area contributed by atoms with Crippen LogP contribution in [0, 0.1) is 0 Å². The van der Waals surface area contributed by atoms with Crippen molar-refractivity contribution in [3.63, 3.8) is 0 Å². The van der Waals surface area contributed by atoms with Gasteiger partial charge in [-0.1, -0.05) is 20.8 Å². The van der Waals surface area contributed by atoms with Gasteiger partial charge in [0.05, 0.1) is 6.61 Å². The van der Waals surface area contributed by atoms with E-state index in [1.54, 1.807) is 0 Å². The van der Waals surface area contributed by atoms with E-state index in [-0.39, 0.29) is 11.6 Å². The second kappa shape index (κ2) is 17.7. The Morgan fingerprint density at radius 2 is 1.06 bits per heavy atom. The lowest BCUT2D eigenvalue weighted by molar-refractivity contribution is -0.384. The molecule has 0 radical (unpaired) electrons. The molecule has 0 aromatic carbocycles. The van der Waals surface area contributed by atoms with Crippen LogP contribution in [0.3, 0.4) is 0 Å². The third-order valence-electron chi connectivity index (χ3n) is 8.20. The highest BCUT2D eigenvalue weighted by atomic mass is 28.4. The summed E-state index contributed by atoms with van der Waals surface area (Å²) in [6.07, 6.45) is -12.5. The lowest BCUT2D eigenvalue weighted by atomic mass is 9.97. The van der Waals surface area contributed by atoms with E-state index in [2.05, 4.69) is 0 Å². The van der Waals surface area contributed by atoms with Gasteiger partial charge in [-0.3, -0.25) is 33.6 Å². The molecule has 2 heterocycles. The number of rotatable bonds is 14. The number of hydrogen-bond acceptors (Lipinski definition) is 18. The highest BCUT2D eigenvalue weighted by Crippen LogP contribution is 2.43. The van der Waals surface area contributed by atoms with Crippen molar-refractivity contribution < 1.29 is 85.4 Å². The molecular formula is C32H50O18Si. The van der Waals surface area contributed by atoms with Crippen LogP contribution in [0.15, 0.2) is 0 Å². The standard InChI is InChI=1S/C32H50O18Si/c1-16(33)40-13-23-25(43-18(3)35)27(45-20(5)37)28(46-21(6)38)30(48-23)50-32(15-41-17(2)34)29(47-22(7)39)26(44-19(4)36)24(49-32)14-42-51(11,12)31(8,9)10/h23-30H,13-15H2,1-12H3/t23-,24-,25-,26-,27+,28-,29+,30-,32+/m1/s1. The van der Waals surface area contributed by atoms with E-state index in [0.29, 0.717) is 0 Å². The molecule has 0 amide bonds. The van der Waals surface area contributed by atoms with Crippen LogP contribution in [0.4, 0.5) is 0 Å². The minimum atomic E-state index is -2.49. The summed E-state index contributed by atoms with van der Waals surface area (Å²) in [6, 6.07) is 0. The molecule has 0 saturated carbocycles. The van der Waals surface area contributed by atoms with E-state index in [4.69, 9.17) is 51.8 Å². The Labute approximate surface area is 297 Å². The highest BCUT2D eigenvalue weighted by Gasteiger charge is 2.65. The van der Waals surface area contributed by atoms with Gasteiger partial charge in [0.15, 0.2) is 38.8 Å². The first-order valence-electron chi connectivity index (χ1n) is 16.2. The van der Waals surface area contributed by atoms with Crippen molar-refractivity contribution in [2.24, 2.45) is 0 Å². The molecule has 0 N–H and O–H groups in total. The van der Waals surface area contributed by atoms with Gasteiger partial charge in [-0.25, -0.2) is 0 Å². The zero-order valence-electron chi connectivity index (χ0n) is 31.1. The van der Waals surface area contributed by atoms with E-state index in [9.17, 15) is 33.6 Å². The Hall–Kier alpha value is -3.65. The van der Waals surface area contributed by atoms with Gasteiger partial charge in [-0.2, -0.15) is 0 Å². The van der Waals surface area contributed by atoms with Crippen molar-refractivity contribution in [3.8, 4) is 0 Å². The fourth-order valence-electron chi connectivity index (χ4n) is 5.06. The molecule has 0 unspecified atom stereocenters. The van der Waals surface area contributed by atoms with Gasteiger partial charge >= 0.3 is 41.8 Å². The molecule has 2 aliphatic rings. The maximum absolute atomic E-state index is 12.6. The minimum Gasteiger partial charge on any atom is -0.463 e. The van der Waals surface area contributed by atoms with Crippen LogP contribution in [0.2, 0.25) is 18.1 Å². The molecule has 0 aliphatic carbocycles. The predicted molar refractivity (Wildman–Crippen MR) is 172 cm³/mol. The van der Waals surface area contributed by atoms with E-state index >= 15 is 0 Å². The number of carbonyl (C=O) groups is 7. The zero-order chi connectivity index (χ0) is 39.1. The molecule has 2 aliphatic heterocycles. The van der Waals surface area contributed by atoms with E-state index in [1.807, 2.05) is 33.9 Å². The maximum Gasteiger partial charge on any atom is 0.303 e. The minimum absolute atomic E-state index is 0.212. The summed E-state index contributed by atoms with van der Waals surface area (Å²) in [4.78, 5) is 86.0. The normalized spacial score (nSPS) is 29.3. The molecule has 51 heavy (non-hydrogen) atoms. The average molecular weight is 751 g/mol. The molecule has 0 spiro atoms. The maximum atomic E-state index is 12.6. The van der Waals surface area contributed by atoms with Crippen molar-refractivity contribution in [3.05, 3.63) is 0 Å². The Bertz CT molecular complexity index is 1310. The van der Waals surface area contributed by atoms with Crippen LogP contribution < -0.4 is 0 Å². The fourth-order valence-corrected chi connectivity index (χ4v) is 6.08. The van der Waals surface area contributed by atoms with Crippen LogP contribution in [0.5, 0.6) is 0 Å². The molecule has 19 heteroatoms. The lowest BCUT2D eigenvalue weighted by Gasteiger charge is -2.46. The quantitative estimate of drug-likeness (QED) is 0.140. The first kappa shape index (κ1) is 43.5. The summed E-state index contributed by atoms with van der Waals surface area (Å²) < 4.78 is 63.3. The zero-order valence-corrected chi connectivity index (χ0v) is 32.1. The molecular weight excluding hydrogens is 700 g/mol. The average Bonchev–Trinajstić information content (AvgIpc) is 3.22. The molecule has 290 valence electrons. The van der Waals surface area contributed by atoms with Gasteiger partial charge in [-0.15, -0.1) is 0 Å². The molecule has 0 aromatic rings. The summed E-state index contributed by atoms with van der Waals surface area (Å²) >= 11 is 0. The molecule has 18 nitrogen and oxygen atoms in total. The number of carbonyl (C=O) groups excluding carboxylic acids is 7. The third-order valence-corrected chi connectivity index (χ3v) is 12.7. The Morgan fingerprint density at radius 3 is 1.53 bits per heavy atom. The summed E-state index contributed by atoms with van der Waals surface area (Å²) in [5.41, 5.74) is 0. The van der Waals surface area contributed by atoms with Crippen molar-refractivity contribution in [2.45, 2.75) is 142 Å². The predicted octanol–water partition coefficient (Wildman–Crippen LogP) is 1.63. The highest BCUT2D eigenvalue weighted by molar-refractivity contribution is 6.74. The van der Waals surface area contributed by atoms with Gasteiger partial charge in [0, 0.05) is 48.5 Å². The molecule has 9 atom stereocenters. The van der Waals surface area contributed by atoms with Crippen LogP contribution in [-0.2, 0) is 85.4 Å². The lowest BCUT2D eigenvalue weighted by Crippen LogP contribution is -2.65. The summed E-state index contributed by atoms with van der Waals surface area (Å²) in [5.74, 6) is -8.33. The monoisotopic (exact) mass is 750 g/mol. The van der Waals surface area contributed by atoms with Crippen LogP contribution in [0.1, 0.15) is 69.2 Å². The topological polar surface area (TPSA) is 221 Å². The first-order chi connectivity index (χ1) is 23.4. The number of hydrogen-bond donors (Lipinski definition) is 0. The fraction of sp³-hybridized carbons (Fsp3) is 0.781. The summed E-state index contributed by atoms with van der Waals surface area (Å²) in [7, 11) is -2.49. The van der Waals surface area contributed by atoms with Crippen molar-refractivity contribution in [1.82, 2.24) is 0 Å². The number of ether oxygens (including phenoxy) is 10. The van der Waals surface area contributed by atoms with Crippen LogP contribution in [-0.4, -0.2) is 125 Å². The van der Waals surface area contributed by atoms with E-state index in [0.717, 1.165) is 48.5 Å².